The molecule has 6 heteroatoms. The van der Waals surface area contributed by atoms with Crippen molar-refractivity contribution in [2.75, 3.05) is 10.6 Å². The molecule has 0 fully saturated rings. The maximum Gasteiger partial charge on any atom is 0.257 e. The third kappa shape index (κ3) is 4.50. The summed E-state index contributed by atoms with van der Waals surface area (Å²) in [5.41, 5.74) is 3.68. The van der Waals surface area contributed by atoms with Crippen molar-refractivity contribution in [1.82, 2.24) is 4.98 Å². The van der Waals surface area contributed by atoms with Crippen LogP contribution in [0.15, 0.2) is 60.9 Å². The lowest BCUT2D eigenvalue weighted by atomic mass is 10.2. The first-order valence-corrected chi connectivity index (χ1v) is 8.32. The highest BCUT2D eigenvalue weighted by molar-refractivity contribution is 6.35. The summed E-state index contributed by atoms with van der Waals surface area (Å²) in [6.07, 6.45) is 3.15. The fourth-order valence-corrected chi connectivity index (χ4v) is 2.56. The molecule has 0 unspecified atom stereocenters. The van der Waals surface area contributed by atoms with Gasteiger partial charge in [-0.1, -0.05) is 40.9 Å². The van der Waals surface area contributed by atoms with E-state index in [-0.39, 0.29) is 5.91 Å². The van der Waals surface area contributed by atoms with Crippen molar-refractivity contribution >= 4 is 46.2 Å². The first kappa shape index (κ1) is 17.3. The van der Waals surface area contributed by atoms with E-state index < -0.39 is 0 Å². The lowest BCUT2D eigenvalue weighted by Crippen LogP contribution is -2.12. The normalized spacial score (nSPS) is 10.4. The molecule has 1 aromatic heterocycles. The van der Waals surface area contributed by atoms with Gasteiger partial charge in [-0.2, -0.15) is 0 Å². The quantitative estimate of drug-likeness (QED) is 0.618. The van der Waals surface area contributed by atoms with Gasteiger partial charge in [0.2, 0.25) is 0 Å². The Kier molecular flexibility index (Phi) is 5.22. The van der Waals surface area contributed by atoms with E-state index in [0.29, 0.717) is 27.0 Å². The Labute approximate surface area is 155 Å². The highest BCUT2D eigenvalue weighted by Gasteiger charge is 2.10. The molecule has 0 spiro atoms. The van der Waals surface area contributed by atoms with Crippen LogP contribution in [-0.2, 0) is 0 Å². The SMILES string of the molecule is Cc1ccc(Nc2cncc(C(=O)Nc3cc(Cl)ccc3Cl)c2)cc1. The Hall–Kier alpha value is -2.56. The number of anilines is 3. The molecule has 0 atom stereocenters. The molecular weight excluding hydrogens is 357 g/mol. The minimum Gasteiger partial charge on any atom is -0.354 e. The lowest BCUT2D eigenvalue weighted by Gasteiger charge is -2.10. The number of carbonyl (C=O) groups excluding carboxylic acids is 1. The number of nitrogens with zero attached hydrogens (tertiary/aromatic N) is 1. The molecule has 4 nitrogen and oxygen atoms in total. The van der Waals surface area contributed by atoms with Crippen LogP contribution in [0.2, 0.25) is 10.0 Å². The van der Waals surface area contributed by atoms with Crippen LogP contribution in [0.1, 0.15) is 15.9 Å². The Morgan fingerprint density at radius 1 is 0.960 bits per heavy atom. The van der Waals surface area contributed by atoms with Crippen LogP contribution < -0.4 is 10.6 Å². The van der Waals surface area contributed by atoms with Gasteiger partial charge < -0.3 is 10.6 Å². The zero-order chi connectivity index (χ0) is 17.8. The molecule has 126 valence electrons. The predicted molar refractivity (Wildman–Crippen MR) is 103 cm³/mol. The van der Waals surface area contributed by atoms with E-state index in [4.69, 9.17) is 23.2 Å². The van der Waals surface area contributed by atoms with Crippen LogP contribution in [0.5, 0.6) is 0 Å². The van der Waals surface area contributed by atoms with Crippen LogP contribution in [0, 0.1) is 6.92 Å². The van der Waals surface area contributed by atoms with Crippen molar-refractivity contribution in [2.45, 2.75) is 6.92 Å². The summed E-state index contributed by atoms with van der Waals surface area (Å²) in [6.45, 7) is 2.03. The number of carbonyl (C=O) groups is 1. The number of hydrogen-bond donors (Lipinski definition) is 2. The largest absolute Gasteiger partial charge is 0.354 e. The zero-order valence-electron chi connectivity index (χ0n) is 13.4. The number of amides is 1. The average Bonchev–Trinajstić information content (AvgIpc) is 2.60. The van der Waals surface area contributed by atoms with Gasteiger partial charge >= 0.3 is 0 Å². The molecule has 0 aliphatic rings. The number of halogens is 2. The molecule has 1 heterocycles. The van der Waals surface area contributed by atoms with Gasteiger partial charge in [-0.3, -0.25) is 9.78 Å². The number of pyridine rings is 1. The lowest BCUT2D eigenvalue weighted by molar-refractivity contribution is 0.102. The first-order chi connectivity index (χ1) is 12.0. The van der Waals surface area contributed by atoms with Gasteiger partial charge in [0.05, 0.1) is 28.2 Å². The molecule has 0 bridgehead atoms. The molecular formula is C19H15Cl2N3O. The molecule has 1 amide bonds. The van der Waals surface area contributed by atoms with Gasteiger partial charge in [0.25, 0.3) is 5.91 Å². The van der Waals surface area contributed by atoms with E-state index in [9.17, 15) is 4.79 Å². The fourth-order valence-electron chi connectivity index (χ4n) is 2.22. The molecule has 0 aliphatic carbocycles. The van der Waals surface area contributed by atoms with E-state index in [0.717, 1.165) is 5.69 Å². The highest BCUT2D eigenvalue weighted by atomic mass is 35.5. The monoisotopic (exact) mass is 371 g/mol. The molecule has 2 aromatic carbocycles. The number of aryl methyl sites for hydroxylation is 1. The maximum absolute atomic E-state index is 12.4. The van der Waals surface area contributed by atoms with Gasteiger partial charge in [0.1, 0.15) is 0 Å². The molecule has 0 saturated carbocycles. The van der Waals surface area contributed by atoms with E-state index >= 15 is 0 Å². The smallest absolute Gasteiger partial charge is 0.257 e. The topological polar surface area (TPSA) is 54.0 Å². The molecule has 0 saturated heterocycles. The van der Waals surface area contributed by atoms with Crippen molar-refractivity contribution in [3.05, 3.63) is 82.1 Å². The van der Waals surface area contributed by atoms with Crippen LogP contribution in [0.4, 0.5) is 17.1 Å². The minimum atomic E-state index is -0.316. The van der Waals surface area contributed by atoms with Crippen molar-refractivity contribution in [3.8, 4) is 0 Å². The Morgan fingerprint density at radius 2 is 1.72 bits per heavy atom. The number of aromatic nitrogens is 1. The number of benzene rings is 2. The standard InChI is InChI=1S/C19H15Cl2N3O/c1-12-2-5-15(6-3-12)23-16-8-13(10-22-11-16)19(25)24-18-9-14(20)4-7-17(18)21/h2-11,23H,1H3,(H,24,25). The van der Waals surface area contributed by atoms with Crippen molar-refractivity contribution in [3.63, 3.8) is 0 Å². The molecule has 0 aliphatic heterocycles. The van der Waals surface area contributed by atoms with E-state index in [1.807, 2.05) is 31.2 Å². The average molecular weight is 372 g/mol. The summed E-state index contributed by atoms with van der Waals surface area (Å²) in [7, 11) is 0. The second-order valence-electron chi connectivity index (χ2n) is 5.53. The van der Waals surface area contributed by atoms with Crippen LogP contribution in [0.25, 0.3) is 0 Å². The summed E-state index contributed by atoms with van der Waals surface area (Å²) in [6, 6.07) is 14.6. The van der Waals surface area contributed by atoms with E-state index in [2.05, 4.69) is 15.6 Å². The second kappa shape index (κ2) is 7.55. The molecule has 3 aromatic rings. The van der Waals surface area contributed by atoms with Gasteiger partial charge in [-0.15, -0.1) is 0 Å². The molecule has 25 heavy (non-hydrogen) atoms. The number of hydrogen-bond acceptors (Lipinski definition) is 3. The summed E-state index contributed by atoms with van der Waals surface area (Å²) in [5.74, 6) is -0.316. The summed E-state index contributed by atoms with van der Waals surface area (Å²) < 4.78 is 0. The number of nitrogens with one attached hydrogen (secondary N) is 2. The summed E-state index contributed by atoms with van der Waals surface area (Å²) >= 11 is 12.0. The van der Waals surface area contributed by atoms with Gasteiger partial charge in [0.15, 0.2) is 0 Å². The van der Waals surface area contributed by atoms with E-state index in [1.165, 1.54) is 11.8 Å². The fraction of sp³-hybridized carbons (Fsp3) is 0.0526. The summed E-state index contributed by atoms with van der Waals surface area (Å²) in [5, 5.41) is 6.87. The molecule has 2 N–H and O–H groups in total. The predicted octanol–water partition coefficient (Wildman–Crippen LogP) is 5.69. The highest BCUT2D eigenvalue weighted by Crippen LogP contribution is 2.26. The van der Waals surface area contributed by atoms with Crippen LogP contribution >= 0.6 is 23.2 Å². The van der Waals surface area contributed by atoms with Gasteiger partial charge in [-0.05, 0) is 43.3 Å². The van der Waals surface area contributed by atoms with Crippen molar-refractivity contribution in [1.29, 1.82) is 0 Å². The van der Waals surface area contributed by atoms with Crippen LogP contribution in [0.3, 0.4) is 0 Å². The van der Waals surface area contributed by atoms with Gasteiger partial charge in [0, 0.05) is 16.9 Å². The maximum atomic E-state index is 12.4. The van der Waals surface area contributed by atoms with Crippen molar-refractivity contribution < 1.29 is 4.79 Å². The second-order valence-corrected chi connectivity index (χ2v) is 6.38. The van der Waals surface area contributed by atoms with Gasteiger partial charge in [-0.25, -0.2) is 0 Å². The number of rotatable bonds is 4. The van der Waals surface area contributed by atoms with E-state index in [1.54, 1.807) is 30.5 Å². The first-order valence-electron chi connectivity index (χ1n) is 7.56. The molecule has 3 rings (SSSR count). The Bertz CT molecular complexity index is 911. The summed E-state index contributed by atoms with van der Waals surface area (Å²) in [4.78, 5) is 16.6. The van der Waals surface area contributed by atoms with Crippen LogP contribution in [-0.4, -0.2) is 10.9 Å². The zero-order valence-corrected chi connectivity index (χ0v) is 14.9. The van der Waals surface area contributed by atoms with Crippen molar-refractivity contribution in [2.24, 2.45) is 0 Å². The molecule has 0 radical (unpaired) electrons. The Morgan fingerprint density at radius 3 is 2.48 bits per heavy atom. The minimum absolute atomic E-state index is 0.316. The third-order valence-electron chi connectivity index (χ3n) is 3.52. The third-order valence-corrected chi connectivity index (χ3v) is 4.08. The Balaban J connectivity index is 1.77.